The molecule has 0 spiro atoms. The predicted molar refractivity (Wildman–Crippen MR) is 88.2 cm³/mol. The van der Waals surface area contributed by atoms with Gasteiger partial charge in [0.15, 0.2) is 9.84 Å². The first-order chi connectivity index (χ1) is 10.4. The van der Waals surface area contributed by atoms with Crippen LogP contribution in [0.25, 0.3) is 0 Å². The van der Waals surface area contributed by atoms with Gasteiger partial charge in [-0.25, -0.2) is 8.42 Å². The molecule has 2 rings (SSSR count). The van der Waals surface area contributed by atoms with Crippen molar-refractivity contribution in [3.63, 3.8) is 0 Å². The summed E-state index contributed by atoms with van der Waals surface area (Å²) in [6, 6.07) is 13.8. The van der Waals surface area contributed by atoms with Crippen LogP contribution >= 0.6 is 0 Å². The molecule has 0 unspecified atom stereocenters. The first-order valence-corrected chi connectivity index (χ1v) is 8.58. The van der Waals surface area contributed by atoms with Crippen molar-refractivity contribution in [2.24, 2.45) is 0 Å². The van der Waals surface area contributed by atoms with E-state index < -0.39 is 21.5 Å². The third-order valence-corrected chi connectivity index (χ3v) is 4.61. The quantitative estimate of drug-likeness (QED) is 0.827. The number of anilines is 2. The number of nitrogens with two attached hydrogens (primary N) is 1. The van der Waals surface area contributed by atoms with Gasteiger partial charge in [0, 0.05) is 11.4 Å². The Bertz CT molecular complexity index is 768. The summed E-state index contributed by atoms with van der Waals surface area (Å²) in [6.45, 7) is 1.85. The first-order valence-electron chi connectivity index (χ1n) is 6.76. The van der Waals surface area contributed by atoms with Gasteiger partial charge in [0.1, 0.15) is 5.75 Å². The molecule has 0 saturated carbocycles. The third-order valence-electron chi connectivity index (χ3n) is 3.14. The average Bonchev–Trinajstić information content (AvgIpc) is 2.43. The van der Waals surface area contributed by atoms with Gasteiger partial charge in [-0.05, 0) is 36.2 Å². The van der Waals surface area contributed by atoms with Crippen molar-refractivity contribution in [2.75, 3.05) is 16.8 Å². The van der Waals surface area contributed by atoms with Gasteiger partial charge < -0.3 is 11.1 Å². The van der Waals surface area contributed by atoms with E-state index in [-0.39, 0.29) is 5.75 Å². The van der Waals surface area contributed by atoms with Crippen LogP contribution in [0.1, 0.15) is 11.1 Å². The lowest BCUT2D eigenvalue weighted by Gasteiger charge is -2.09. The van der Waals surface area contributed by atoms with Gasteiger partial charge in [-0.2, -0.15) is 0 Å². The maximum absolute atomic E-state index is 12.1. The number of amides is 1. The second kappa shape index (κ2) is 6.62. The van der Waals surface area contributed by atoms with Crippen LogP contribution in [0.4, 0.5) is 11.4 Å². The van der Waals surface area contributed by atoms with E-state index in [2.05, 4.69) is 5.32 Å². The lowest BCUT2D eigenvalue weighted by molar-refractivity contribution is -0.113. The minimum atomic E-state index is -3.53. The van der Waals surface area contributed by atoms with Crippen LogP contribution in [-0.4, -0.2) is 20.1 Å². The molecular weight excluding hydrogens is 300 g/mol. The number of nitrogen functional groups attached to an aromatic ring is 1. The number of benzene rings is 2. The monoisotopic (exact) mass is 318 g/mol. The zero-order valence-electron chi connectivity index (χ0n) is 12.2. The van der Waals surface area contributed by atoms with Crippen molar-refractivity contribution < 1.29 is 13.2 Å². The van der Waals surface area contributed by atoms with Crippen LogP contribution in [-0.2, 0) is 20.4 Å². The molecule has 0 atom stereocenters. The van der Waals surface area contributed by atoms with Crippen molar-refractivity contribution in [3.05, 3.63) is 59.7 Å². The molecule has 22 heavy (non-hydrogen) atoms. The molecule has 0 fully saturated rings. The summed E-state index contributed by atoms with van der Waals surface area (Å²) in [4.78, 5) is 11.9. The Hall–Kier alpha value is -2.34. The fraction of sp³-hybridized carbons (Fsp3) is 0.188. The third kappa shape index (κ3) is 4.60. The van der Waals surface area contributed by atoms with E-state index in [1.54, 1.807) is 36.4 Å². The summed E-state index contributed by atoms with van der Waals surface area (Å²) in [5.41, 5.74) is 8.24. The second-order valence-corrected chi connectivity index (χ2v) is 7.20. The molecule has 0 bridgehead atoms. The lowest BCUT2D eigenvalue weighted by atomic mass is 10.2. The highest BCUT2D eigenvalue weighted by molar-refractivity contribution is 7.91. The summed E-state index contributed by atoms with van der Waals surface area (Å²) >= 11 is 0. The number of nitrogens with one attached hydrogen (secondary N) is 1. The molecule has 0 aromatic heterocycles. The Morgan fingerprint density at radius 3 is 2.36 bits per heavy atom. The van der Waals surface area contributed by atoms with Gasteiger partial charge in [-0.3, -0.25) is 4.79 Å². The molecule has 0 aliphatic carbocycles. The molecule has 116 valence electrons. The van der Waals surface area contributed by atoms with Gasteiger partial charge >= 0.3 is 0 Å². The number of sulfone groups is 1. The van der Waals surface area contributed by atoms with E-state index in [1.807, 2.05) is 19.1 Å². The number of carbonyl (C=O) groups excluding carboxylic acids is 1. The van der Waals surface area contributed by atoms with Gasteiger partial charge in [-0.15, -0.1) is 0 Å². The molecule has 0 saturated heterocycles. The maximum Gasteiger partial charge on any atom is 0.239 e. The molecule has 0 aliphatic heterocycles. The zero-order chi connectivity index (χ0) is 16.2. The molecule has 5 nitrogen and oxygen atoms in total. The maximum atomic E-state index is 12.1. The Balaban J connectivity index is 2.01. The van der Waals surface area contributed by atoms with E-state index in [1.165, 1.54) is 0 Å². The first kappa shape index (κ1) is 16.0. The van der Waals surface area contributed by atoms with Crippen LogP contribution in [0.3, 0.4) is 0 Å². The van der Waals surface area contributed by atoms with Crippen molar-refractivity contribution in [1.29, 1.82) is 0 Å². The topological polar surface area (TPSA) is 89.3 Å². The van der Waals surface area contributed by atoms with Gasteiger partial charge in [0.05, 0.1) is 5.75 Å². The summed E-state index contributed by atoms with van der Waals surface area (Å²) in [6.07, 6.45) is 0. The van der Waals surface area contributed by atoms with Gasteiger partial charge in [0.25, 0.3) is 0 Å². The predicted octanol–water partition coefficient (Wildman–Crippen LogP) is 2.13. The Labute approximate surface area is 130 Å². The van der Waals surface area contributed by atoms with Crippen LogP contribution in [0.15, 0.2) is 48.5 Å². The highest BCUT2D eigenvalue weighted by atomic mass is 32.2. The Kier molecular flexibility index (Phi) is 4.82. The number of aryl methyl sites for hydroxylation is 1. The van der Waals surface area contributed by atoms with Gasteiger partial charge in [-0.1, -0.05) is 30.3 Å². The molecule has 2 aromatic rings. The van der Waals surface area contributed by atoms with E-state index >= 15 is 0 Å². The molecule has 2 aromatic carbocycles. The van der Waals surface area contributed by atoms with Crippen LogP contribution < -0.4 is 11.1 Å². The van der Waals surface area contributed by atoms with E-state index in [9.17, 15) is 13.2 Å². The Morgan fingerprint density at radius 2 is 1.73 bits per heavy atom. The normalized spacial score (nSPS) is 11.1. The average molecular weight is 318 g/mol. The largest absolute Gasteiger partial charge is 0.399 e. The number of carbonyl (C=O) groups is 1. The van der Waals surface area contributed by atoms with Crippen LogP contribution in [0, 0.1) is 6.92 Å². The van der Waals surface area contributed by atoms with Crippen LogP contribution in [0.5, 0.6) is 0 Å². The molecule has 0 aliphatic rings. The number of para-hydroxylation sites is 1. The second-order valence-electron chi connectivity index (χ2n) is 5.14. The molecule has 6 heteroatoms. The molecule has 1 amide bonds. The molecule has 3 N–H and O–H groups in total. The molecular formula is C16H18N2O3S. The number of hydrogen-bond donors (Lipinski definition) is 2. The fourth-order valence-electron chi connectivity index (χ4n) is 2.02. The number of hydrogen-bond acceptors (Lipinski definition) is 4. The van der Waals surface area contributed by atoms with E-state index in [0.717, 1.165) is 5.56 Å². The highest BCUT2D eigenvalue weighted by Gasteiger charge is 2.18. The van der Waals surface area contributed by atoms with Crippen molar-refractivity contribution >= 4 is 27.1 Å². The van der Waals surface area contributed by atoms with Crippen molar-refractivity contribution in [3.8, 4) is 0 Å². The van der Waals surface area contributed by atoms with Crippen molar-refractivity contribution in [1.82, 2.24) is 0 Å². The van der Waals surface area contributed by atoms with Crippen molar-refractivity contribution in [2.45, 2.75) is 12.7 Å². The summed E-state index contributed by atoms with van der Waals surface area (Å²) in [5, 5.41) is 2.62. The Morgan fingerprint density at radius 1 is 1.09 bits per heavy atom. The zero-order valence-corrected chi connectivity index (χ0v) is 13.1. The SMILES string of the molecule is Cc1ccccc1NC(=O)CS(=O)(=O)Cc1ccc(N)cc1. The molecule has 0 radical (unpaired) electrons. The smallest absolute Gasteiger partial charge is 0.239 e. The van der Waals surface area contributed by atoms with E-state index in [4.69, 9.17) is 5.73 Å². The standard InChI is InChI=1S/C16H18N2O3S/c1-12-4-2-3-5-15(12)18-16(19)11-22(20,21)10-13-6-8-14(17)9-7-13/h2-9H,10-11,17H2,1H3,(H,18,19). The minimum Gasteiger partial charge on any atom is -0.399 e. The number of rotatable bonds is 5. The highest BCUT2D eigenvalue weighted by Crippen LogP contribution is 2.14. The van der Waals surface area contributed by atoms with Gasteiger partial charge in [0.2, 0.25) is 5.91 Å². The fourth-order valence-corrected chi connectivity index (χ4v) is 3.29. The summed E-state index contributed by atoms with van der Waals surface area (Å²) in [7, 11) is -3.53. The van der Waals surface area contributed by atoms with E-state index in [0.29, 0.717) is 16.9 Å². The minimum absolute atomic E-state index is 0.186. The lowest BCUT2D eigenvalue weighted by Crippen LogP contribution is -2.24. The van der Waals surface area contributed by atoms with Crippen LogP contribution in [0.2, 0.25) is 0 Å². The summed E-state index contributed by atoms with van der Waals surface area (Å²) < 4.78 is 24.2. The molecule has 0 heterocycles. The summed E-state index contributed by atoms with van der Waals surface area (Å²) in [5.74, 6) is -1.27.